The van der Waals surface area contributed by atoms with Crippen LogP contribution in [0.15, 0.2) is 16.8 Å². The van der Waals surface area contributed by atoms with Crippen LogP contribution < -0.4 is 5.32 Å². The van der Waals surface area contributed by atoms with Crippen LogP contribution in [0.5, 0.6) is 0 Å². The van der Waals surface area contributed by atoms with Crippen molar-refractivity contribution in [1.82, 2.24) is 5.32 Å². The number of hydrogen-bond acceptors (Lipinski definition) is 4. The van der Waals surface area contributed by atoms with E-state index in [0.29, 0.717) is 25.3 Å². The van der Waals surface area contributed by atoms with Gasteiger partial charge in [-0.3, -0.25) is 0 Å². The Morgan fingerprint density at radius 2 is 2.14 bits per heavy atom. The zero-order valence-corrected chi connectivity index (χ0v) is 14.1. The van der Waals surface area contributed by atoms with Gasteiger partial charge in [0.1, 0.15) is 0 Å². The summed E-state index contributed by atoms with van der Waals surface area (Å²) in [5, 5.41) is 17.7. The summed E-state index contributed by atoms with van der Waals surface area (Å²) in [6, 6.07) is 2.54. The van der Waals surface area contributed by atoms with Crippen molar-refractivity contribution < 1.29 is 9.84 Å². The van der Waals surface area contributed by atoms with Crippen LogP contribution in [-0.4, -0.2) is 36.5 Å². The van der Waals surface area contributed by atoms with E-state index in [9.17, 15) is 5.11 Å². The third-order valence-corrected chi connectivity index (χ3v) is 5.04. The molecule has 2 unspecified atom stereocenters. The lowest BCUT2D eigenvalue weighted by atomic mass is 9.89. The van der Waals surface area contributed by atoms with Gasteiger partial charge in [0.25, 0.3) is 0 Å². The molecule has 0 aromatic carbocycles. The molecule has 1 aromatic rings. The minimum atomic E-state index is -0.408. The molecule has 0 aliphatic heterocycles. The van der Waals surface area contributed by atoms with Crippen molar-refractivity contribution in [1.29, 1.82) is 0 Å². The van der Waals surface area contributed by atoms with Gasteiger partial charge in [0.15, 0.2) is 0 Å². The first-order valence-electron chi connectivity index (χ1n) is 8.17. The van der Waals surface area contributed by atoms with Gasteiger partial charge in [-0.05, 0) is 67.3 Å². The SMILES string of the molecule is CC1CCC(OCC(O)CNC(C)Cc2ccsc2)CC1. The second kappa shape index (κ2) is 8.89. The van der Waals surface area contributed by atoms with Crippen molar-refractivity contribution in [3.8, 4) is 0 Å². The van der Waals surface area contributed by atoms with E-state index < -0.39 is 6.10 Å². The van der Waals surface area contributed by atoms with Crippen LogP contribution in [0.4, 0.5) is 0 Å². The third kappa shape index (κ3) is 6.47. The third-order valence-electron chi connectivity index (χ3n) is 4.31. The Morgan fingerprint density at radius 3 is 2.81 bits per heavy atom. The molecule has 0 radical (unpaired) electrons. The molecular formula is C17H29NO2S. The molecule has 0 spiro atoms. The maximum Gasteiger partial charge on any atom is 0.0897 e. The fourth-order valence-electron chi connectivity index (χ4n) is 2.87. The van der Waals surface area contributed by atoms with Crippen LogP contribution in [0.25, 0.3) is 0 Å². The Bertz CT molecular complexity index is 374. The van der Waals surface area contributed by atoms with Gasteiger partial charge >= 0.3 is 0 Å². The zero-order chi connectivity index (χ0) is 15.1. The van der Waals surface area contributed by atoms with Crippen molar-refractivity contribution in [3.63, 3.8) is 0 Å². The topological polar surface area (TPSA) is 41.5 Å². The van der Waals surface area contributed by atoms with E-state index in [0.717, 1.165) is 25.2 Å². The Kier molecular flexibility index (Phi) is 7.17. The van der Waals surface area contributed by atoms with E-state index in [1.54, 1.807) is 11.3 Å². The van der Waals surface area contributed by atoms with Gasteiger partial charge in [-0.2, -0.15) is 11.3 Å². The zero-order valence-electron chi connectivity index (χ0n) is 13.3. The summed E-state index contributed by atoms with van der Waals surface area (Å²) in [6.07, 6.45) is 5.78. The summed E-state index contributed by atoms with van der Waals surface area (Å²) in [5.41, 5.74) is 1.36. The second-order valence-electron chi connectivity index (χ2n) is 6.51. The van der Waals surface area contributed by atoms with Crippen molar-refractivity contribution in [2.75, 3.05) is 13.2 Å². The summed E-state index contributed by atoms with van der Waals surface area (Å²) < 4.78 is 5.84. The maximum absolute atomic E-state index is 10.0. The summed E-state index contributed by atoms with van der Waals surface area (Å²) >= 11 is 1.73. The average Bonchev–Trinajstić information content (AvgIpc) is 2.97. The van der Waals surface area contributed by atoms with E-state index in [2.05, 4.69) is 36.0 Å². The minimum absolute atomic E-state index is 0.360. The summed E-state index contributed by atoms with van der Waals surface area (Å²) in [4.78, 5) is 0. The molecule has 2 N–H and O–H groups in total. The van der Waals surface area contributed by atoms with E-state index >= 15 is 0 Å². The van der Waals surface area contributed by atoms with Crippen LogP contribution in [0.2, 0.25) is 0 Å². The highest BCUT2D eigenvalue weighted by Gasteiger charge is 2.19. The van der Waals surface area contributed by atoms with Crippen LogP contribution in [0.3, 0.4) is 0 Å². The second-order valence-corrected chi connectivity index (χ2v) is 7.29. The molecule has 1 aromatic heterocycles. The number of rotatable bonds is 8. The number of nitrogens with one attached hydrogen (secondary N) is 1. The van der Waals surface area contributed by atoms with Gasteiger partial charge in [-0.1, -0.05) is 6.92 Å². The molecule has 0 saturated heterocycles. The molecule has 1 heterocycles. The summed E-state index contributed by atoms with van der Waals surface area (Å²) in [5.74, 6) is 0.842. The lowest BCUT2D eigenvalue weighted by Gasteiger charge is -2.27. The number of thiophene rings is 1. The van der Waals surface area contributed by atoms with E-state index in [1.807, 2.05) is 0 Å². The first-order valence-corrected chi connectivity index (χ1v) is 9.12. The van der Waals surface area contributed by atoms with Gasteiger partial charge in [0, 0.05) is 12.6 Å². The van der Waals surface area contributed by atoms with Gasteiger partial charge in [-0.25, -0.2) is 0 Å². The predicted octanol–water partition coefficient (Wildman–Crippen LogP) is 3.22. The largest absolute Gasteiger partial charge is 0.389 e. The molecule has 21 heavy (non-hydrogen) atoms. The normalized spacial score (nSPS) is 25.7. The van der Waals surface area contributed by atoms with E-state index in [-0.39, 0.29) is 0 Å². The van der Waals surface area contributed by atoms with Gasteiger partial charge < -0.3 is 15.2 Å². The Hall–Kier alpha value is -0.420. The molecule has 0 amide bonds. The predicted molar refractivity (Wildman–Crippen MR) is 88.9 cm³/mol. The minimum Gasteiger partial charge on any atom is -0.389 e. The maximum atomic E-state index is 10.0. The molecular weight excluding hydrogens is 282 g/mol. The highest BCUT2D eigenvalue weighted by molar-refractivity contribution is 7.07. The molecule has 3 nitrogen and oxygen atoms in total. The highest BCUT2D eigenvalue weighted by atomic mass is 32.1. The fourth-order valence-corrected chi connectivity index (χ4v) is 3.56. The first-order chi connectivity index (χ1) is 10.1. The Morgan fingerprint density at radius 1 is 1.38 bits per heavy atom. The molecule has 1 fully saturated rings. The number of aliphatic hydroxyl groups is 1. The molecule has 2 rings (SSSR count). The monoisotopic (exact) mass is 311 g/mol. The molecule has 4 heteroatoms. The molecule has 120 valence electrons. The van der Waals surface area contributed by atoms with Gasteiger partial charge in [0.2, 0.25) is 0 Å². The molecule has 1 aliphatic rings. The van der Waals surface area contributed by atoms with E-state index in [1.165, 1.54) is 18.4 Å². The molecule has 0 bridgehead atoms. The quantitative estimate of drug-likeness (QED) is 0.774. The smallest absolute Gasteiger partial charge is 0.0897 e. The standard InChI is InChI=1S/C17H29NO2S/c1-13-3-5-17(6-4-13)20-11-16(19)10-18-14(2)9-15-7-8-21-12-15/h7-8,12-14,16-19H,3-6,9-11H2,1-2H3. The fraction of sp³-hybridized carbons (Fsp3) is 0.765. The van der Waals surface area contributed by atoms with Crippen molar-refractivity contribution >= 4 is 11.3 Å². The van der Waals surface area contributed by atoms with Crippen LogP contribution in [0, 0.1) is 5.92 Å². The van der Waals surface area contributed by atoms with Gasteiger partial charge in [0.05, 0.1) is 18.8 Å². The van der Waals surface area contributed by atoms with Crippen molar-refractivity contribution in [2.24, 2.45) is 5.92 Å². The summed E-state index contributed by atoms with van der Waals surface area (Å²) in [6.45, 7) is 5.53. The van der Waals surface area contributed by atoms with Gasteiger partial charge in [-0.15, -0.1) is 0 Å². The molecule has 1 aliphatic carbocycles. The average molecular weight is 311 g/mol. The Labute approximate surface area is 132 Å². The van der Waals surface area contributed by atoms with Crippen LogP contribution in [-0.2, 0) is 11.2 Å². The highest BCUT2D eigenvalue weighted by Crippen LogP contribution is 2.25. The van der Waals surface area contributed by atoms with Crippen molar-refractivity contribution in [3.05, 3.63) is 22.4 Å². The van der Waals surface area contributed by atoms with Crippen LogP contribution >= 0.6 is 11.3 Å². The number of hydrogen-bond donors (Lipinski definition) is 2. The lowest BCUT2D eigenvalue weighted by molar-refractivity contribution is -0.0282. The molecule has 2 atom stereocenters. The van der Waals surface area contributed by atoms with E-state index in [4.69, 9.17) is 4.74 Å². The number of aliphatic hydroxyl groups excluding tert-OH is 1. The van der Waals surface area contributed by atoms with Crippen LogP contribution in [0.1, 0.15) is 45.1 Å². The number of ether oxygens (including phenoxy) is 1. The molecule has 1 saturated carbocycles. The lowest BCUT2D eigenvalue weighted by Crippen LogP contribution is -2.38. The summed E-state index contributed by atoms with van der Waals surface area (Å²) in [7, 11) is 0. The van der Waals surface area contributed by atoms with Crippen molar-refractivity contribution in [2.45, 2.75) is 64.2 Å². The Balaban J connectivity index is 1.55. The first kappa shape index (κ1) is 16.9.